The van der Waals surface area contributed by atoms with Crippen molar-refractivity contribution in [3.05, 3.63) is 65.9 Å². The molecule has 45 heavy (non-hydrogen) atoms. The van der Waals surface area contributed by atoms with Crippen LogP contribution in [0.3, 0.4) is 0 Å². The molecule has 230 valence electrons. The van der Waals surface area contributed by atoms with Crippen LogP contribution in [-0.2, 0) is 9.59 Å². The summed E-state index contributed by atoms with van der Waals surface area (Å²) in [6, 6.07) is 4.82. The number of amides is 4. The van der Waals surface area contributed by atoms with Crippen LogP contribution >= 0.6 is 0 Å². The third-order valence-electron chi connectivity index (χ3n) is 9.19. The van der Waals surface area contributed by atoms with Gasteiger partial charge >= 0.3 is 6.03 Å². The Morgan fingerprint density at radius 3 is 2.67 bits per heavy atom. The highest BCUT2D eigenvalue weighted by atomic mass is 16.3. The van der Waals surface area contributed by atoms with Crippen LogP contribution in [0.4, 0.5) is 22.1 Å². The number of aromatic nitrogens is 6. The summed E-state index contributed by atoms with van der Waals surface area (Å²) in [6.07, 6.45) is 9.72. The molecule has 4 aromatic rings. The first kappa shape index (κ1) is 27.6. The first-order chi connectivity index (χ1) is 21.7. The Morgan fingerprint density at radius 2 is 1.91 bits per heavy atom. The van der Waals surface area contributed by atoms with Gasteiger partial charge in [-0.05, 0) is 49.8 Å². The van der Waals surface area contributed by atoms with Gasteiger partial charge in [0.2, 0.25) is 11.8 Å². The van der Waals surface area contributed by atoms with E-state index in [1.807, 2.05) is 40.8 Å². The van der Waals surface area contributed by atoms with Crippen molar-refractivity contribution in [2.45, 2.75) is 56.6 Å². The monoisotopic (exact) mass is 608 g/mol. The number of carbonyl (C=O) groups is 3. The second-order valence-electron chi connectivity index (χ2n) is 12.5. The van der Waals surface area contributed by atoms with Crippen molar-refractivity contribution < 1.29 is 19.5 Å². The van der Waals surface area contributed by atoms with Gasteiger partial charge in [0.25, 0.3) is 0 Å². The first-order valence-electron chi connectivity index (χ1n) is 15.2. The molecular weight excluding hydrogens is 576 g/mol. The van der Waals surface area contributed by atoms with Crippen LogP contribution in [0.1, 0.15) is 66.3 Å². The van der Waals surface area contributed by atoms with Gasteiger partial charge in [0, 0.05) is 62.2 Å². The van der Waals surface area contributed by atoms with Crippen LogP contribution in [0.5, 0.6) is 0 Å². The number of hydrogen-bond donors (Lipinski definition) is 2. The minimum atomic E-state index is -0.623. The van der Waals surface area contributed by atoms with Gasteiger partial charge in [-0.25, -0.2) is 29.7 Å². The number of urea groups is 1. The highest BCUT2D eigenvalue weighted by Gasteiger charge is 2.46. The smallest absolute Gasteiger partial charge is 0.331 e. The summed E-state index contributed by atoms with van der Waals surface area (Å²) in [4.78, 5) is 65.5. The third-order valence-corrected chi connectivity index (χ3v) is 9.19. The van der Waals surface area contributed by atoms with E-state index in [1.165, 1.54) is 18.3 Å². The Kier molecular flexibility index (Phi) is 6.31. The number of aliphatic hydroxyl groups excluding tert-OH is 1. The summed E-state index contributed by atoms with van der Waals surface area (Å²) in [5, 5.41) is 13.7. The summed E-state index contributed by atoms with van der Waals surface area (Å²) in [6.45, 7) is 2.19. The predicted octanol–water partition coefficient (Wildman–Crippen LogP) is 2.55. The molecule has 14 nitrogen and oxygen atoms in total. The number of carbonyl (C=O) groups excluding carboxylic acids is 3. The molecule has 4 amide bonds. The largest absolute Gasteiger partial charge is 0.391 e. The minimum Gasteiger partial charge on any atom is -0.391 e. The molecule has 8 rings (SSSR count). The van der Waals surface area contributed by atoms with Gasteiger partial charge in [0.05, 0.1) is 23.5 Å². The molecule has 2 aliphatic heterocycles. The van der Waals surface area contributed by atoms with Gasteiger partial charge in [-0.1, -0.05) is 0 Å². The van der Waals surface area contributed by atoms with Crippen LogP contribution in [0.2, 0.25) is 0 Å². The van der Waals surface area contributed by atoms with Gasteiger partial charge in [0.1, 0.15) is 30.3 Å². The number of β-amino-alcohol motifs (C(OH)–C–C–N with tert-alkyl or cyclic N) is 1. The Labute approximate surface area is 258 Å². The molecule has 0 radical (unpaired) electrons. The van der Waals surface area contributed by atoms with Crippen LogP contribution in [0, 0.1) is 12.8 Å². The molecule has 6 heterocycles. The van der Waals surface area contributed by atoms with E-state index in [2.05, 4.69) is 25.3 Å². The topological polar surface area (TPSA) is 162 Å². The van der Waals surface area contributed by atoms with Gasteiger partial charge in [-0.15, -0.1) is 0 Å². The number of rotatable bonds is 7. The van der Waals surface area contributed by atoms with Crippen molar-refractivity contribution in [1.29, 1.82) is 0 Å². The van der Waals surface area contributed by atoms with E-state index in [9.17, 15) is 19.5 Å². The van der Waals surface area contributed by atoms with Crippen molar-refractivity contribution in [2.24, 2.45) is 5.92 Å². The molecule has 2 saturated heterocycles. The molecule has 0 bridgehead atoms. The van der Waals surface area contributed by atoms with Gasteiger partial charge in [-0.3, -0.25) is 19.4 Å². The molecule has 2 saturated carbocycles. The number of likely N-dealkylation sites (N-methyl/N-ethyl adjacent to an activating group) is 1. The molecule has 4 fully saturated rings. The van der Waals surface area contributed by atoms with E-state index in [4.69, 9.17) is 4.98 Å². The molecule has 0 spiro atoms. The molecule has 2 N–H and O–H groups in total. The average Bonchev–Trinajstić information content (AvgIpc) is 3.94. The van der Waals surface area contributed by atoms with Gasteiger partial charge in [-0.2, -0.15) is 0 Å². The standard InChI is InChI=1S/C31H32N10O4/c1-16-5-6-32-28(35-16)20-9-21(20)30(44)37-25-10-26(34-15-33-25)40-12-19(42)8-23(40)22-13-39-11-18(17-3-4-17)7-24(29(39)36-22)41-14-27(43)38(2)31(41)45/h5-7,10-11,13,15,17,19-21,23,42H,3-4,8-9,12,14H2,1-2H3,(H,33,34,37,44)/t19-,20-,21-,23+/m0/s1. The lowest BCUT2D eigenvalue weighted by Gasteiger charge is -2.24. The lowest BCUT2D eigenvalue weighted by atomic mass is 10.1. The van der Waals surface area contributed by atoms with Crippen LogP contribution in [0.25, 0.3) is 5.65 Å². The summed E-state index contributed by atoms with van der Waals surface area (Å²) in [5.74, 6) is 1.37. The predicted molar refractivity (Wildman–Crippen MR) is 162 cm³/mol. The molecule has 14 heteroatoms. The molecule has 4 aromatic heterocycles. The van der Waals surface area contributed by atoms with E-state index >= 15 is 0 Å². The fourth-order valence-electron chi connectivity index (χ4n) is 6.46. The summed E-state index contributed by atoms with van der Waals surface area (Å²) >= 11 is 0. The molecule has 0 unspecified atom stereocenters. The van der Waals surface area contributed by atoms with Crippen LogP contribution < -0.4 is 15.1 Å². The maximum absolute atomic E-state index is 13.1. The van der Waals surface area contributed by atoms with E-state index in [-0.39, 0.29) is 42.3 Å². The maximum Gasteiger partial charge on any atom is 0.331 e. The van der Waals surface area contributed by atoms with Crippen molar-refractivity contribution in [3.63, 3.8) is 0 Å². The van der Waals surface area contributed by atoms with Gasteiger partial charge < -0.3 is 19.7 Å². The normalized spacial score (nSPS) is 24.6. The number of fused-ring (bicyclic) bond motifs is 1. The number of nitrogens with zero attached hydrogens (tertiary/aromatic N) is 9. The lowest BCUT2D eigenvalue weighted by molar-refractivity contribution is -0.124. The maximum atomic E-state index is 13.1. The van der Waals surface area contributed by atoms with E-state index in [1.54, 1.807) is 12.3 Å². The fourth-order valence-corrected chi connectivity index (χ4v) is 6.46. The fraction of sp³-hybridized carbons (Fsp3) is 0.419. The highest BCUT2D eigenvalue weighted by Crippen LogP contribution is 2.47. The second-order valence-corrected chi connectivity index (χ2v) is 12.5. The number of aliphatic hydroxyl groups is 1. The molecule has 4 aliphatic rings. The number of hydrogen-bond acceptors (Lipinski definition) is 10. The number of anilines is 3. The number of imide groups is 1. The van der Waals surface area contributed by atoms with Crippen LogP contribution in [0.15, 0.2) is 43.1 Å². The number of pyridine rings is 1. The zero-order valence-electron chi connectivity index (χ0n) is 24.9. The number of imidazole rings is 1. The van der Waals surface area contributed by atoms with E-state index in [0.717, 1.165) is 29.0 Å². The Balaban J connectivity index is 1.06. The number of nitrogens with one attached hydrogen (secondary N) is 1. The van der Waals surface area contributed by atoms with Gasteiger partial charge in [0.15, 0.2) is 5.65 Å². The van der Waals surface area contributed by atoms with E-state index in [0.29, 0.717) is 59.8 Å². The summed E-state index contributed by atoms with van der Waals surface area (Å²) in [7, 11) is 1.49. The average molecular weight is 609 g/mol. The minimum absolute atomic E-state index is 0.0148. The SMILES string of the molecule is Cc1ccnc([C@H]2C[C@@H]2C(=O)Nc2cc(N3C[C@@H](O)C[C@@H]3c3cn4cc(C5CC5)cc(N5CC(=O)N(C)C5=O)c4n3)ncn2)n1. The third kappa shape index (κ3) is 4.94. The Bertz CT molecular complexity index is 1870. The zero-order chi connectivity index (χ0) is 31.0. The highest BCUT2D eigenvalue weighted by molar-refractivity contribution is 6.13. The Morgan fingerprint density at radius 1 is 1.07 bits per heavy atom. The van der Waals surface area contributed by atoms with Crippen molar-refractivity contribution in [3.8, 4) is 0 Å². The summed E-state index contributed by atoms with van der Waals surface area (Å²) in [5.41, 5.74) is 3.84. The first-order valence-corrected chi connectivity index (χ1v) is 15.2. The summed E-state index contributed by atoms with van der Waals surface area (Å²) < 4.78 is 1.92. The van der Waals surface area contributed by atoms with Crippen LogP contribution in [-0.4, -0.2) is 83.4 Å². The van der Waals surface area contributed by atoms with Crippen molar-refractivity contribution in [1.82, 2.24) is 34.2 Å². The van der Waals surface area contributed by atoms with Crippen molar-refractivity contribution >= 4 is 40.8 Å². The lowest BCUT2D eigenvalue weighted by Crippen LogP contribution is -2.30. The molecule has 0 aromatic carbocycles. The van der Waals surface area contributed by atoms with E-state index < -0.39 is 6.10 Å². The van der Waals surface area contributed by atoms with Crippen molar-refractivity contribution in [2.75, 3.05) is 35.3 Å². The Hall–Kier alpha value is -4.98. The molecule has 4 atom stereocenters. The molecular formula is C31H32N10O4. The second kappa shape index (κ2) is 10.3. The molecule has 2 aliphatic carbocycles. The quantitative estimate of drug-likeness (QED) is 0.298. The number of aryl methyl sites for hydroxylation is 1. The zero-order valence-corrected chi connectivity index (χ0v) is 24.9.